The van der Waals surface area contributed by atoms with Gasteiger partial charge in [0.05, 0.1) is 0 Å². The lowest BCUT2D eigenvalue weighted by Gasteiger charge is -2.06. The van der Waals surface area contributed by atoms with Crippen molar-refractivity contribution in [3.8, 4) is 0 Å². The second-order valence-corrected chi connectivity index (χ2v) is 7.10. The second-order valence-electron chi connectivity index (χ2n) is 5.05. The number of carbonyl (C=O) groups is 2. The van der Waals surface area contributed by atoms with E-state index in [-0.39, 0.29) is 12.5 Å². The van der Waals surface area contributed by atoms with Gasteiger partial charge in [-0.3, -0.25) is 4.79 Å². The van der Waals surface area contributed by atoms with Gasteiger partial charge in [-0.05, 0) is 49.1 Å². The first-order chi connectivity index (χ1) is 10.6. The van der Waals surface area contributed by atoms with Crippen molar-refractivity contribution in [3.63, 3.8) is 0 Å². The number of hydrogen-bond donors (Lipinski definition) is 1. The van der Waals surface area contributed by atoms with E-state index in [9.17, 15) is 9.59 Å². The van der Waals surface area contributed by atoms with Crippen LogP contribution in [0.5, 0.6) is 0 Å². The highest BCUT2D eigenvalue weighted by molar-refractivity contribution is 9.10. The molecule has 4 nitrogen and oxygen atoms in total. The van der Waals surface area contributed by atoms with Gasteiger partial charge in [-0.1, -0.05) is 22.0 Å². The maximum Gasteiger partial charge on any atom is 0.348 e. The molecule has 2 aromatic rings. The Morgan fingerprint density at radius 3 is 2.91 bits per heavy atom. The van der Waals surface area contributed by atoms with Crippen LogP contribution in [0.15, 0.2) is 34.8 Å². The lowest BCUT2D eigenvalue weighted by atomic mass is 10.2. The zero-order valence-electron chi connectivity index (χ0n) is 11.7. The Hall–Kier alpha value is -1.66. The minimum absolute atomic E-state index is 0.284. The summed E-state index contributed by atoms with van der Waals surface area (Å²) in [7, 11) is 0. The Labute approximate surface area is 140 Å². The van der Waals surface area contributed by atoms with Crippen LogP contribution < -0.4 is 5.32 Å². The quantitative estimate of drug-likeness (QED) is 0.822. The van der Waals surface area contributed by atoms with Gasteiger partial charge in [-0.15, -0.1) is 11.3 Å². The lowest BCUT2D eigenvalue weighted by molar-refractivity contribution is -0.119. The summed E-state index contributed by atoms with van der Waals surface area (Å²) in [6, 6.07) is 9.13. The molecule has 0 saturated carbocycles. The molecule has 1 heterocycles. The van der Waals surface area contributed by atoms with Crippen LogP contribution in [0.1, 0.15) is 26.5 Å². The van der Waals surface area contributed by atoms with Crippen LogP contribution >= 0.6 is 27.3 Å². The predicted molar refractivity (Wildman–Crippen MR) is 89.4 cm³/mol. The number of anilines is 1. The van der Waals surface area contributed by atoms with E-state index < -0.39 is 5.97 Å². The largest absolute Gasteiger partial charge is 0.451 e. The minimum Gasteiger partial charge on any atom is -0.451 e. The van der Waals surface area contributed by atoms with Crippen molar-refractivity contribution in [2.45, 2.75) is 19.3 Å². The van der Waals surface area contributed by atoms with E-state index in [0.717, 1.165) is 23.7 Å². The first-order valence-corrected chi connectivity index (χ1v) is 8.57. The van der Waals surface area contributed by atoms with Crippen LogP contribution in [-0.2, 0) is 22.4 Å². The molecule has 1 aliphatic carbocycles. The van der Waals surface area contributed by atoms with Gasteiger partial charge in [0.1, 0.15) is 4.88 Å². The van der Waals surface area contributed by atoms with Gasteiger partial charge in [-0.2, -0.15) is 0 Å². The number of ether oxygens (including phenoxy) is 1. The topological polar surface area (TPSA) is 55.4 Å². The fraction of sp³-hybridized carbons (Fsp3) is 0.250. The lowest BCUT2D eigenvalue weighted by Crippen LogP contribution is -2.20. The summed E-state index contributed by atoms with van der Waals surface area (Å²) in [5.74, 6) is -0.778. The molecule has 1 N–H and O–H groups in total. The maximum absolute atomic E-state index is 12.0. The monoisotopic (exact) mass is 379 g/mol. The van der Waals surface area contributed by atoms with Gasteiger partial charge in [-0.25, -0.2) is 4.79 Å². The van der Waals surface area contributed by atoms with Crippen molar-refractivity contribution in [2.24, 2.45) is 0 Å². The van der Waals surface area contributed by atoms with Crippen LogP contribution in [0.2, 0.25) is 0 Å². The molecule has 3 rings (SSSR count). The van der Waals surface area contributed by atoms with Crippen LogP contribution in [-0.4, -0.2) is 18.5 Å². The maximum atomic E-state index is 12.0. The van der Waals surface area contributed by atoms with Crippen LogP contribution in [0, 0.1) is 0 Å². The van der Waals surface area contributed by atoms with Crippen LogP contribution in [0.4, 0.5) is 5.69 Å². The Morgan fingerprint density at radius 1 is 1.27 bits per heavy atom. The molecule has 0 bridgehead atoms. The highest BCUT2D eigenvalue weighted by atomic mass is 79.9. The highest BCUT2D eigenvalue weighted by Gasteiger charge is 2.19. The standard InChI is InChI=1S/C16H14BrNO3S/c17-11-4-2-5-12(8-11)18-15(19)9-21-16(20)14-7-10-3-1-6-13(10)22-14/h2,4-5,7-8H,1,3,6,9H2,(H,18,19). The number of halogens is 1. The Bertz CT molecular complexity index is 704. The highest BCUT2D eigenvalue weighted by Crippen LogP contribution is 2.30. The fourth-order valence-corrected chi connectivity index (χ4v) is 3.94. The molecule has 0 saturated heterocycles. The van der Waals surface area contributed by atoms with Gasteiger partial charge < -0.3 is 10.1 Å². The third-order valence-electron chi connectivity index (χ3n) is 3.39. The zero-order valence-corrected chi connectivity index (χ0v) is 14.1. The van der Waals surface area contributed by atoms with E-state index in [2.05, 4.69) is 21.2 Å². The third-order valence-corrected chi connectivity index (χ3v) is 5.10. The van der Waals surface area contributed by atoms with Crippen molar-refractivity contribution >= 4 is 44.8 Å². The third kappa shape index (κ3) is 3.56. The number of benzene rings is 1. The summed E-state index contributed by atoms with van der Waals surface area (Å²) in [5.41, 5.74) is 1.90. The average Bonchev–Trinajstić information content (AvgIpc) is 3.06. The van der Waals surface area contributed by atoms with Crippen molar-refractivity contribution in [1.82, 2.24) is 0 Å². The molecule has 0 radical (unpaired) electrons. The molecule has 1 aromatic carbocycles. The first-order valence-electron chi connectivity index (χ1n) is 6.96. The SMILES string of the molecule is O=C(COC(=O)c1cc2c(s1)CCC2)Nc1cccc(Br)c1. The normalized spacial score (nSPS) is 12.8. The van der Waals surface area contributed by atoms with Gasteiger partial charge in [0.2, 0.25) is 0 Å². The number of esters is 1. The number of aryl methyl sites for hydroxylation is 2. The van der Waals surface area contributed by atoms with E-state index in [0.29, 0.717) is 10.6 Å². The molecule has 114 valence electrons. The molecular weight excluding hydrogens is 366 g/mol. The molecule has 0 atom stereocenters. The Morgan fingerprint density at radius 2 is 2.14 bits per heavy atom. The number of hydrogen-bond acceptors (Lipinski definition) is 4. The Balaban J connectivity index is 1.53. The molecule has 0 spiro atoms. The summed E-state index contributed by atoms with van der Waals surface area (Å²) in [5, 5.41) is 2.69. The summed E-state index contributed by atoms with van der Waals surface area (Å²) in [6.45, 7) is -0.284. The number of nitrogens with one attached hydrogen (secondary N) is 1. The average molecular weight is 380 g/mol. The van der Waals surface area contributed by atoms with Crippen molar-refractivity contribution in [3.05, 3.63) is 50.1 Å². The number of thiophene rings is 1. The Kier molecular flexibility index (Phi) is 4.59. The van der Waals surface area contributed by atoms with Crippen molar-refractivity contribution in [2.75, 3.05) is 11.9 Å². The van der Waals surface area contributed by atoms with Crippen molar-refractivity contribution < 1.29 is 14.3 Å². The van der Waals surface area contributed by atoms with E-state index in [1.54, 1.807) is 12.1 Å². The molecule has 22 heavy (non-hydrogen) atoms. The van der Waals surface area contributed by atoms with Gasteiger partial charge >= 0.3 is 5.97 Å². The fourth-order valence-electron chi connectivity index (χ4n) is 2.40. The molecule has 0 aliphatic heterocycles. The molecular formula is C16H14BrNO3S. The summed E-state index contributed by atoms with van der Waals surface area (Å²) in [6.07, 6.45) is 3.23. The molecule has 1 amide bonds. The minimum atomic E-state index is -0.427. The van der Waals surface area contributed by atoms with E-state index in [4.69, 9.17) is 4.74 Å². The molecule has 0 fully saturated rings. The van der Waals surface area contributed by atoms with Gasteiger partial charge in [0.25, 0.3) is 5.91 Å². The number of carbonyl (C=O) groups excluding carboxylic acids is 2. The van der Waals surface area contributed by atoms with Gasteiger partial charge in [0, 0.05) is 15.0 Å². The van der Waals surface area contributed by atoms with Crippen LogP contribution in [0.25, 0.3) is 0 Å². The molecule has 1 aliphatic rings. The molecule has 0 unspecified atom stereocenters. The smallest absolute Gasteiger partial charge is 0.348 e. The number of rotatable bonds is 4. The van der Waals surface area contributed by atoms with E-state index >= 15 is 0 Å². The molecule has 6 heteroatoms. The predicted octanol–water partition coefficient (Wildman–Crippen LogP) is 3.79. The first kappa shape index (κ1) is 15.2. The summed E-state index contributed by atoms with van der Waals surface area (Å²) >= 11 is 4.81. The van der Waals surface area contributed by atoms with E-state index in [1.165, 1.54) is 21.8 Å². The second kappa shape index (κ2) is 6.62. The van der Waals surface area contributed by atoms with Crippen molar-refractivity contribution in [1.29, 1.82) is 0 Å². The van der Waals surface area contributed by atoms with Gasteiger partial charge in [0.15, 0.2) is 6.61 Å². The molecule has 1 aromatic heterocycles. The van der Waals surface area contributed by atoms with E-state index in [1.807, 2.05) is 18.2 Å². The summed E-state index contributed by atoms with van der Waals surface area (Å²) < 4.78 is 5.95. The number of amides is 1. The number of fused-ring (bicyclic) bond motifs is 1. The van der Waals surface area contributed by atoms with Crippen LogP contribution in [0.3, 0.4) is 0 Å². The summed E-state index contributed by atoms with van der Waals surface area (Å²) in [4.78, 5) is 25.6. The zero-order chi connectivity index (χ0) is 15.5.